The molecule has 30 heavy (non-hydrogen) atoms. The Bertz CT molecular complexity index is 962. The summed E-state index contributed by atoms with van der Waals surface area (Å²) in [6.45, 7) is 7.98. The van der Waals surface area contributed by atoms with Crippen molar-refractivity contribution in [3.05, 3.63) is 46.8 Å². The Hall–Kier alpha value is -3.62. The SMILES string of the molecule is CCOC(=O)c1[nH]c(C)c(C(=O)O[C@H](C)C(=O)Nc2ccc(NC(C)=O)cc2)c1C. The van der Waals surface area contributed by atoms with Gasteiger partial charge < -0.3 is 25.1 Å². The third-order valence-electron chi connectivity index (χ3n) is 4.25. The van der Waals surface area contributed by atoms with Gasteiger partial charge in [0, 0.05) is 24.0 Å². The van der Waals surface area contributed by atoms with E-state index in [1.165, 1.54) is 13.8 Å². The maximum Gasteiger partial charge on any atom is 0.355 e. The van der Waals surface area contributed by atoms with Crippen molar-refractivity contribution >= 4 is 35.1 Å². The average Bonchev–Trinajstić information content (AvgIpc) is 2.97. The van der Waals surface area contributed by atoms with Crippen molar-refractivity contribution in [3.63, 3.8) is 0 Å². The van der Waals surface area contributed by atoms with Crippen LogP contribution in [0.3, 0.4) is 0 Å². The summed E-state index contributed by atoms with van der Waals surface area (Å²) < 4.78 is 10.2. The molecule has 0 radical (unpaired) electrons. The Morgan fingerprint density at radius 1 is 1.00 bits per heavy atom. The molecule has 0 aliphatic rings. The Kier molecular flexibility index (Phi) is 7.35. The third-order valence-corrected chi connectivity index (χ3v) is 4.25. The minimum absolute atomic E-state index is 0.178. The van der Waals surface area contributed by atoms with Crippen LogP contribution in [0.4, 0.5) is 11.4 Å². The summed E-state index contributed by atoms with van der Waals surface area (Å²) in [6.07, 6.45) is -1.08. The Morgan fingerprint density at radius 3 is 2.10 bits per heavy atom. The van der Waals surface area contributed by atoms with Crippen molar-refractivity contribution in [1.29, 1.82) is 0 Å². The van der Waals surface area contributed by atoms with E-state index >= 15 is 0 Å². The molecule has 2 amide bonds. The van der Waals surface area contributed by atoms with Crippen molar-refractivity contribution < 1.29 is 28.7 Å². The maximum atomic E-state index is 12.6. The summed E-state index contributed by atoms with van der Waals surface area (Å²) in [7, 11) is 0. The molecule has 1 aromatic heterocycles. The maximum absolute atomic E-state index is 12.6. The normalized spacial score (nSPS) is 11.4. The fraction of sp³-hybridized carbons (Fsp3) is 0.333. The van der Waals surface area contributed by atoms with Crippen LogP contribution in [0.5, 0.6) is 0 Å². The number of hydrogen-bond acceptors (Lipinski definition) is 6. The molecule has 0 aliphatic carbocycles. The van der Waals surface area contributed by atoms with Crippen LogP contribution in [0, 0.1) is 13.8 Å². The summed E-state index contributed by atoms with van der Waals surface area (Å²) >= 11 is 0. The Labute approximate surface area is 174 Å². The zero-order valence-corrected chi connectivity index (χ0v) is 17.5. The van der Waals surface area contributed by atoms with Crippen LogP contribution in [0.1, 0.15) is 52.9 Å². The number of ether oxygens (including phenoxy) is 2. The van der Waals surface area contributed by atoms with Crippen LogP contribution >= 0.6 is 0 Å². The van der Waals surface area contributed by atoms with Gasteiger partial charge in [-0.1, -0.05) is 0 Å². The highest BCUT2D eigenvalue weighted by Crippen LogP contribution is 2.21. The van der Waals surface area contributed by atoms with Crippen molar-refractivity contribution in [3.8, 4) is 0 Å². The molecule has 0 aliphatic heterocycles. The molecular formula is C21H25N3O6. The number of carbonyl (C=O) groups is 4. The molecule has 3 N–H and O–H groups in total. The zero-order chi connectivity index (χ0) is 22.4. The molecular weight excluding hydrogens is 390 g/mol. The molecule has 1 atom stereocenters. The van der Waals surface area contributed by atoms with Gasteiger partial charge in [-0.05, 0) is 57.5 Å². The number of amides is 2. The van der Waals surface area contributed by atoms with Crippen LogP contribution in [0.15, 0.2) is 24.3 Å². The molecule has 1 aromatic carbocycles. The minimum atomic E-state index is -1.08. The predicted molar refractivity (Wildman–Crippen MR) is 110 cm³/mol. The van der Waals surface area contributed by atoms with Crippen LogP contribution in [0.25, 0.3) is 0 Å². The zero-order valence-electron chi connectivity index (χ0n) is 17.5. The van der Waals surface area contributed by atoms with Gasteiger partial charge in [-0.15, -0.1) is 0 Å². The lowest BCUT2D eigenvalue weighted by Gasteiger charge is -2.14. The summed E-state index contributed by atoms with van der Waals surface area (Å²) in [4.78, 5) is 50.8. The molecule has 2 rings (SSSR count). The van der Waals surface area contributed by atoms with E-state index in [-0.39, 0.29) is 23.8 Å². The number of aromatic amines is 1. The number of H-pyrrole nitrogens is 1. The number of benzene rings is 1. The smallest absolute Gasteiger partial charge is 0.355 e. The number of rotatable bonds is 7. The number of hydrogen-bond donors (Lipinski definition) is 3. The molecule has 9 nitrogen and oxygen atoms in total. The van der Waals surface area contributed by atoms with Gasteiger partial charge in [0.15, 0.2) is 6.10 Å². The van der Waals surface area contributed by atoms with Gasteiger partial charge in [-0.3, -0.25) is 9.59 Å². The van der Waals surface area contributed by atoms with Gasteiger partial charge in [0.1, 0.15) is 5.69 Å². The third kappa shape index (κ3) is 5.47. The van der Waals surface area contributed by atoms with E-state index in [4.69, 9.17) is 9.47 Å². The van der Waals surface area contributed by atoms with Gasteiger partial charge >= 0.3 is 11.9 Å². The van der Waals surface area contributed by atoms with Gasteiger partial charge in [-0.2, -0.15) is 0 Å². The first kappa shape index (κ1) is 22.7. The van der Waals surface area contributed by atoms with Gasteiger partial charge in [-0.25, -0.2) is 9.59 Å². The molecule has 0 spiro atoms. The fourth-order valence-corrected chi connectivity index (χ4v) is 2.82. The highest BCUT2D eigenvalue weighted by Gasteiger charge is 2.26. The standard InChI is InChI=1S/C21H25N3O6/c1-6-29-21(28)18-11(2)17(12(3)22-18)20(27)30-13(4)19(26)24-16-9-7-15(8-10-16)23-14(5)25/h7-10,13,22H,6H2,1-5H3,(H,23,25)(H,24,26)/t13-/m1/s1. The predicted octanol–water partition coefficient (Wildman–Crippen LogP) is 2.95. The van der Waals surface area contributed by atoms with Crippen molar-refractivity contribution in [1.82, 2.24) is 4.98 Å². The highest BCUT2D eigenvalue weighted by molar-refractivity contribution is 6.01. The minimum Gasteiger partial charge on any atom is -0.461 e. The summed E-state index contributed by atoms with van der Waals surface area (Å²) in [5, 5.41) is 5.26. The second kappa shape index (κ2) is 9.73. The summed E-state index contributed by atoms with van der Waals surface area (Å²) in [6, 6.07) is 6.50. The topological polar surface area (TPSA) is 127 Å². The van der Waals surface area contributed by atoms with Gasteiger partial charge in [0.05, 0.1) is 12.2 Å². The fourth-order valence-electron chi connectivity index (χ4n) is 2.82. The number of aryl methyl sites for hydroxylation is 1. The largest absolute Gasteiger partial charge is 0.461 e. The first-order chi connectivity index (χ1) is 14.1. The average molecular weight is 415 g/mol. The van der Waals surface area contributed by atoms with Crippen LogP contribution in [0.2, 0.25) is 0 Å². The lowest BCUT2D eigenvalue weighted by molar-refractivity contribution is -0.123. The number of carbonyl (C=O) groups excluding carboxylic acids is 4. The van der Waals surface area contributed by atoms with Gasteiger partial charge in [0.25, 0.3) is 5.91 Å². The van der Waals surface area contributed by atoms with Crippen LogP contribution < -0.4 is 10.6 Å². The monoisotopic (exact) mass is 415 g/mol. The number of aromatic nitrogens is 1. The quantitative estimate of drug-likeness (QED) is 0.597. The molecule has 0 saturated heterocycles. The molecule has 9 heteroatoms. The van der Waals surface area contributed by atoms with Gasteiger partial charge in [0.2, 0.25) is 5.91 Å². The van der Waals surface area contributed by atoms with E-state index in [0.717, 1.165) is 0 Å². The second-order valence-electron chi connectivity index (χ2n) is 6.64. The highest BCUT2D eigenvalue weighted by atomic mass is 16.5. The molecule has 0 fully saturated rings. The molecule has 0 bridgehead atoms. The van der Waals surface area contributed by atoms with Crippen LogP contribution in [-0.4, -0.2) is 41.4 Å². The summed E-state index contributed by atoms with van der Waals surface area (Å²) in [5.41, 5.74) is 2.29. The molecule has 1 heterocycles. The molecule has 2 aromatic rings. The first-order valence-corrected chi connectivity index (χ1v) is 9.39. The number of nitrogens with one attached hydrogen (secondary N) is 3. The van der Waals surface area contributed by atoms with E-state index in [0.29, 0.717) is 22.6 Å². The van der Waals surface area contributed by atoms with Crippen LogP contribution in [-0.2, 0) is 19.1 Å². The van der Waals surface area contributed by atoms with E-state index in [2.05, 4.69) is 15.6 Å². The van der Waals surface area contributed by atoms with E-state index in [9.17, 15) is 19.2 Å². The Balaban J connectivity index is 2.04. The molecule has 0 saturated carbocycles. The van der Waals surface area contributed by atoms with Crippen molar-refractivity contribution in [2.75, 3.05) is 17.2 Å². The Morgan fingerprint density at radius 2 is 1.57 bits per heavy atom. The molecule has 160 valence electrons. The number of anilines is 2. The second-order valence-corrected chi connectivity index (χ2v) is 6.64. The summed E-state index contributed by atoms with van der Waals surface area (Å²) in [5.74, 6) is -2.01. The van der Waals surface area contributed by atoms with E-state index in [1.807, 2.05) is 0 Å². The van der Waals surface area contributed by atoms with E-state index in [1.54, 1.807) is 45.0 Å². The lowest BCUT2D eigenvalue weighted by Crippen LogP contribution is -2.30. The first-order valence-electron chi connectivity index (χ1n) is 9.39. The van der Waals surface area contributed by atoms with Crippen molar-refractivity contribution in [2.24, 2.45) is 0 Å². The van der Waals surface area contributed by atoms with E-state index < -0.39 is 23.9 Å². The van der Waals surface area contributed by atoms with Crippen molar-refractivity contribution in [2.45, 2.75) is 40.7 Å². The molecule has 0 unspecified atom stereocenters. The number of esters is 2. The lowest BCUT2D eigenvalue weighted by atomic mass is 10.1.